The van der Waals surface area contributed by atoms with E-state index in [4.69, 9.17) is 16.2 Å². The number of hydrazine groups is 1. The number of ether oxygens (including phenoxy) is 1. The van der Waals surface area contributed by atoms with Crippen LogP contribution in [0.2, 0.25) is 0 Å². The van der Waals surface area contributed by atoms with E-state index in [1.54, 1.807) is 12.5 Å². The largest absolute Gasteiger partial charge is 0.461 e. The van der Waals surface area contributed by atoms with Gasteiger partial charge >= 0.3 is 5.97 Å². The summed E-state index contributed by atoms with van der Waals surface area (Å²) >= 11 is 0. The van der Waals surface area contributed by atoms with Crippen LogP contribution in [0.4, 0.5) is 0 Å². The maximum Gasteiger partial charge on any atom is 0.307 e. The van der Waals surface area contributed by atoms with E-state index < -0.39 is 17.0 Å². The molecule has 1 aromatic carbocycles. The number of carbonyl (C=O) groups is 2. The van der Waals surface area contributed by atoms with Gasteiger partial charge in [-0.05, 0) is 18.4 Å². The van der Waals surface area contributed by atoms with Crippen LogP contribution < -0.4 is 16.9 Å². The van der Waals surface area contributed by atoms with Gasteiger partial charge in [0, 0.05) is 20.1 Å². The molecule has 1 amide bonds. The number of hydrogen-bond donors (Lipinski definition) is 3. The number of nitrogens with zero attached hydrogens (tertiary/aromatic N) is 3. The Hall–Kier alpha value is -3.21. The minimum absolute atomic E-state index is 0.0647. The third kappa shape index (κ3) is 9.48. The van der Waals surface area contributed by atoms with Crippen LogP contribution in [-0.2, 0) is 20.9 Å². The Labute approximate surface area is 162 Å². The Morgan fingerprint density at radius 3 is 2.68 bits per heavy atom. The van der Waals surface area contributed by atoms with Crippen molar-refractivity contribution in [2.75, 3.05) is 20.1 Å². The van der Waals surface area contributed by atoms with Crippen molar-refractivity contribution in [1.29, 1.82) is 0 Å². The van der Waals surface area contributed by atoms with Crippen molar-refractivity contribution in [3.63, 3.8) is 0 Å². The summed E-state index contributed by atoms with van der Waals surface area (Å²) < 4.78 is 5.16. The Morgan fingerprint density at radius 1 is 1.36 bits per heavy atom. The summed E-state index contributed by atoms with van der Waals surface area (Å²) in [5.41, 5.74) is 13.7. The first-order valence-corrected chi connectivity index (χ1v) is 8.70. The van der Waals surface area contributed by atoms with Crippen molar-refractivity contribution in [2.45, 2.75) is 31.9 Å². The van der Waals surface area contributed by atoms with Crippen molar-refractivity contribution >= 4 is 17.8 Å². The van der Waals surface area contributed by atoms with Gasteiger partial charge in [-0.25, -0.2) is 15.1 Å². The number of aliphatic imine (C=N–C) groups is 1. The zero-order valence-corrected chi connectivity index (χ0v) is 15.7. The van der Waals surface area contributed by atoms with Gasteiger partial charge in [0.15, 0.2) is 5.03 Å². The molecule has 0 aromatic heterocycles. The normalized spacial score (nSPS) is 12.1. The van der Waals surface area contributed by atoms with Gasteiger partial charge in [0.2, 0.25) is 5.91 Å². The fraction of sp³-hybridized carbons (Fsp3) is 0.471. The molecule has 1 rings (SSSR count). The highest BCUT2D eigenvalue weighted by molar-refractivity contribution is 5.82. The maximum absolute atomic E-state index is 12.2. The molecule has 28 heavy (non-hydrogen) atoms. The summed E-state index contributed by atoms with van der Waals surface area (Å²) in [4.78, 5) is 39.3. The fourth-order valence-electron chi connectivity index (χ4n) is 2.23. The number of hydrogen-bond acceptors (Lipinski definition) is 7. The summed E-state index contributed by atoms with van der Waals surface area (Å²) in [6, 6.07) is 8.54. The highest BCUT2D eigenvalue weighted by Crippen LogP contribution is 2.04. The van der Waals surface area contributed by atoms with Crippen LogP contribution in [0.1, 0.15) is 24.8 Å². The molecular weight excluding hydrogens is 368 g/mol. The highest BCUT2D eigenvalue weighted by Gasteiger charge is 2.18. The van der Waals surface area contributed by atoms with E-state index in [9.17, 15) is 19.7 Å². The number of nitrogens with two attached hydrogens (primary N) is 2. The molecule has 0 aliphatic carbocycles. The van der Waals surface area contributed by atoms with Crippen molar-refractivity contribution in [3.05, 3.63) is 46.0 Å². The van der Waals surface area contributed by atoms with Crippen molar-refractivity contribution in [2.24, 2.45) is 16.5 Å². The van der Waals surface area contributed by atoms with Crippen molar-refractivity contribution in [3.8, 4) is 0 Å². The molecule has 154 valence electrons. The predicted molar refractivity (Wildman–Crippen MR) is 102 cm³/mol. The van der Waals surface area contributed by atoms with Gasteiger partial charge in [0.25, 0.3) is 5.96 Å². The Morgan fingerprint density at radius 2 is 2.04 bits per heavy atom. The van der Waals surface area contributed by atoms with Crippen LogP contribution in [0.25, 0.3) is 0 Å². The Kier molecular flexibility index (Phi) is 9.97. The number of carbonyl (C=O) groups excluding carboxylic acids is 2. The summed E-state index contributed by atoms with van der Waals surface area (Å²) in [5.74, 6) is -1.02. The number of likely N-dealkylation sites (N-methyl/N-ethyl adjacent to an activating group) is 1. The molecule has 1 aromatic rings. The first-order chi connectivity index (χ1) is 13.3. The molecule has 11 nitrogen and oxygen atoms in total. The molecule has 0 spiro atoms. The molecule has 0 aliphatic rings. The van der Waals surface area contributed by atoms with Gasteiger partial charge < -0.3 is 21.1 Å². The minimum Gasteiger partial charge on any atom is -0.461 e. The molecule has 0 bridgehead atoms. The van der Waals surface area contributed by atoms with E-state index in [0.717, 1.165) is 5.56 Å². The molecule has 5 N–H and O–H groups in total. The second kappa shape index (κ2) is 12.2. The quantitative estimate of drug-likeness (QED) is 0.116. The lowest BCUT2D eigenvalue weighted by atomic mass is 10.1. The molecule has 1 atom stereocenters. The number of rotatable bonds is 11. The Balaban J connectivity index is 2.25. The Bertz CT molecular complexity index is 682. The van der Waals surface area contributed by atoms with Crippen LogP contribution >= 0.6 is 0 Å². The van der Waals surface area contributed by atoms with Crippen LogP contribution in [0.5, 0.6) is 0 Å². The number of nitro groups is 1. The van der Waals surface area contributed by atoms with Crippen molar-refractivity contribution < 1.29 is 19.4 Å². The van der Waals surface area contributed by atoms with Crippen LogP contribution in [0, 0.1) is 10.1 Å². The molecule has 11 heteroatoms. The topological polar surface area (TPSA) is 166 Å². The average molecular weight is 394 g/mol. The molecule has 0 saturated carbocycles. The number of benzene rings is 1. The fourth-order valence-corrected chi connectivity index (χ4v) is 2.23. The monoisotopic (exact) mass is 394 g/mol. The first kappa shape index (κ1) is 22.8. The van der Waals surface area contributed by atoms with Crippen LogP contribution in [0.3, 0.4) is 0 Å². The third-order valence-electron chi connectivity index (χ3n) is 3.75. The van der Waals surface area contributed by atoms with E-state index in [0.29, 0.717) is 12.8 Å². The lowest BCUT2D eigenvalue weighted by Crippen LogP contribution is -2.42. The summed E-state index contributed by atoms with van der Waals surface area (Å²) in [6.45, 7) is 0.576. The van der Waals surface area contributed by atoms with Gasteiger partial charge in [-0.15, -0.1) is 0 Å². The predicted octanol–water partition coefficient (Wildman–Crippen LogP) is -0.218. The zero-order valence-electron chi connectivity index (χ0n) is 15.7. The van der Waals surface area contributed by atoms with Crippen LogP contribution in [-0.4, -0.2) is 53.9 Å². The smallest absolute Gasteiger partial charge is 0.307 e. The lowest BCUT2D eigenvalue weighted by Gasteiger charge is -2.20. The number of nitrogens with one attached hydrogen (secondary N) is 1. The third-order valence-corrected chi connectivity index (χ3v) is 3.75. The number of amides is 1. The number of guanidine groups is 1. The lowest BCUT2D eigenvalue weighted by molar-refractivity contribution is -0.525. The van der Waals surface area contributed by atoms with E-state index in [1.807, 2.05) is 30.3 Å². The van der Waals surface area contributed by atoms with Gasteiger partial charge in [0.05, 0.1) is 12.5 Å². The summed E-state index contributed by atoms with van der Waals surface area (Å²) in [6.07, 6.45) is 0.825. The first-order valence-electron chi connectivity index (χ1n) is 8.70. The van der Waals surface area contributed by atoms with E-state index in [-0.39, 0.29) is 38.0 Å². The molecular formula is C17H26N6O5. The van der Waals surface area contributed by atoms with Gasteiger partial charge in [-0.1, -0.05) is 35.8 Å². The molecule has 0 fully saturated rings. The molecule has 0 radical (unpaired) electrons. The number of esters is 1. The van der Waals surface area contributed by atoms with Crippen molar-refractivity contribution in [1.82, 2.24) is 10.3 Å². The molecule has 0 aliphatic heterocycles. The minimum atomic E-state index is -0.812. The van der Waals surface area contributed by atoms with Gasteiger partial charge in [-0.2, -0.15) is 0 Å². The second-order valence-corrected chi connectivity index (χ2v) is 6.04. The summed E-state index contributed by atoms with van der Waals surface area (Å²) in [5, 5.41) is 9.36. The maximum atomic E-state index is 12.2. The van der Waals surface area contributed by atoms with Crippen LogP contribution in [0.15, 0.2) is 35.3 Å². The standard InChI is InChI=1S/C17H26N6O5/c1-22(11-9-15(24)28-12-13-6-3-2-4-7-13)16(25)14(18)8-5-10-20-17(19)21-23(26)27/h2-4,6-7,14H,5,8-12,18H2,1H3,(H3,19,20,21)/t14-/m0/s1. The molecule has 0 saturated heterocycles. The summed E-state index contributed by atoms with van der Waals surface area (Å²) in [7, 11) is 1.56. The van der Waals surface area contributed by atoms with E-state index in [1.165, 1.54) is 4.90 Å². The second-order valence-electron chi connectivity index (χ2n) is 6.04. The van der Waals surface area contributed by atoms with Gasteiger partial charge in [0.1, 0.15) is 6.61 Å². The molecule has 0 heterocycles. The highest BCUT2D eigenvalue weighted by atomic mass is 16.7. The SMILES string of the molecule is CN(CCC(=O)OCc1ccccc1)C(=O)[C@@H](N)CCCN=C(N)N[N+](=O)[O-]. The van der Waals surface area contributed by atoms with E-state index in [2.05, 4.69) is 4.99 Å². The van der Waals surface area contributed by atoms with E-state index >= 15 is 0 Å². The van der Waals surface area contributed by atoms with Gasteiger partial charge in [-0.3, -0.25) is 9.59 Å². The average Bonchev–Trinajstić information content (AvgIpc) is 2.67. The zero-order chi connectivity index (χ0) is 20.9. The molecule has 0 unspecified atom stereocenters.